The molecule has 0 bridgehead atoms. The summed E-state index contributed by atoms with van der Waals surface area (Å²) in [4.78, 5) is 43.0. The standard InChI is InChI=1S/C27H31N7O2/c1-16-11-23(31-17(2)30-16)32-22-12-18(9-10-28-22)14-33-25(36)34(24(35)27(33,5)6)19-7-8-20-21(13-19)29-15-26(20,3)4/h7-13,29H,14-15H2,1-6H3,(H,28,30,31,32). The molecule has 186 valence electrons. The molecule has 9 nitrogen and oxygen atoms in total. The number of benzene rings is 1. The maximum absolute atomic E-state index is 13.6. The molecular weight excluding hydrogens is 454 g/mol. The van der Waals surface area contributed by atoms with Crippen LogP contribution in [0.1, 0.15) is 50.3 Å². The van der Waals surface area contributed by atoms with E-state index in [4.69, 9.17) is 0 Å². The Kier molecular flexibility index (Phi) is 5.46. The van der Waals surface area contributed by atoms with Crippen LogP contribution >= 0.6 is 0 Å². The number of nitrogens with zero attached hydrogens (tertiary/aromatic N) is 5. The van der Waals surface area contributed by atoms with Gasteiger partial charge in [-0.05, 0) is 63.1 Å². The lowest BCUT2D eigenvalue weighted by molar-refractivity contribution is -0.123. The number of aromatic nitrogens is 3. The number of carbonyl (C=O) groups is 2. The van der Waals surface area contributed by atoms with Crippen molar-refractivity contribution in [1.29, 1.82) is 0 Å². The van der Waals surface area contributed by atoms with Gasteiger partial charge >= 0.3 is 6.03 Å². The maximum atomic E-state index is 13.6. The second-order valence-corrected chi connectivity index (χ2v) is 10.7. The maximum Gasteiger partial charge on any atom is 0.332 e. The van der Waals surface area contributed by atoms with E-state index in [-0.39, 0.29) is 23.9 Å². The van der Waals surface area contributed by atoms with Gasteiger partial charge in [-0.15, -0.1) is 0 Å². The average Bonchev–Trinajstić information content (AvgIpc) is 3.18. The van der Waals surface area contributed by atoms with Crippen LogP contribution in [-0.2, 0) is 16.8 Å². The molecule has 3 amide bonds. The fraction of sp³-hybridized carbons (Fsp3) is 0.370. The third-order valence-corrected chi connectivity index (χ3v) is 6.92. The highest BCUT2D eigenvalue weighted by Crippen LogP contribution is 2.40. The van der Waals surface area contributed by atoms with Crippen molar-refractivity contribution in [2.24, 2.45) is 0 Å². The summed E-state index contributed by atoms with van der Waals surface area (Å²) < 4.78 is 0. The first kappa shape index (κ1) is 23.7. The Hall–Kier alpha value is -4.01. The summed E-state index contributed by atoms with van der Waals surface area (Å²) in [5.74, 6) is 1.67. The summed E-state index contributed by atoms with van der Waals surface area (Å²) in [6.07, 6.45) is 1.68. The molecule has 2 aliphatic heterocycles. The topological polar surface area (TPSA) is 103 Å². The van der Waals surface area contributed by atoms with Crippen molar-refractivity contribution in [3.63, 3.8) is 0 Å². The molecule has 36 heavy (non-hydrogen) atoms. The molecule has 0 saturated carbocycles. The van der Waals surface area contributed by atoms with Crippen LogP contribution in [0.4, 0.5) is 27.8 Å². The van der Waals surface area contributed by atoms with Crippen LogP contribution in [0.3, 0.4) is 0 Å². The molecule has 1 saturated heterocycles. The minimum absolute atomic E-state index is 0.00839. The third kappa shape index (κ3) is 4.04. The molecule has 2 aromatic heterocycles. The summed E-state index contributed by atoms with van der Waals surface area (Å²) in [5, 5.41) is 6.61. The molecule has 5 rings (SSSR count). The zero-order valence-electron chi connectivity index (χ0n) is 21.5. The lowest BCUT2D eigenvalue weighted by Gasteiger charge is -2.27. The average molecular weight is 486 g/mol. The van der Waals surface area contributed by atoms with Gasteiger partial charge in [-0.2, -0.15) is 0 Å². The molecule has 4 heterocycles. The molecule has 0 atom stereocenters. The summed E-state index contributed by atoms with van der Waals surface area (Å²) in [6, 6.07) is 11.0. The van der Waals surface area contributed by atoms with Gasteiger partial charge in [-0.1, -0.05) is 19.9 Å². The van der Waals surface area contributed by atoms with Crippen LogP contribution < -0.4 is 15.5 Å². The first-order valence-electron chi connectivity index (χ1n) is 12.0. The van der Waals surface area contributed by atoms with Gasteiger partial charge in [0, 0.05) is 42.1 Å². The highest BCUT2D eigenvalue weighted by molar-refractivity contribution is 6.23. The van der Waals surface area contributed by atoms with Gasteiger partial charge < -0.3 is 15.5 Å². The van der Waals surface area contributed by atoms with Crippen LogP contribution in [0.2, 0.25) is 0 Å². The van der Waals surface area contributed by atoms with Crippen molar-refractivity contribution >= 4 is 34.9 Å². The Bertz CT molecular complexity index is 1360. The van der Waals surface area contributed by atoms with Crippen LogP contribution in [0.5, 0.6) is 0 Å². The van der Waals surface area contributed by atoms with Crippen LogP contribution in [0.25, 0.3) is 0 Å². The van der Waals surface area contributed by atoms with E-state index in [2.05, 4.69) is 39.4 Å². The quantitative estimate of drug-likeness (QED) is 0.506. The molecule has 0 spiro atoms. The van der Waals surface area contributed by atoms with Gasteiger partial charge in [-0.25, -0.2) is 24.6 Å². The number of amides is 3. The summed E-state index contributed by atoms with van der Waals surface area (Å²) in [6.45, 7) is 12.8. The second kappa shape index (κ2) is 8.29. The summed E-state index contributed by atoms with van der Waals surface area (Å²) in [5.41, 5.74) is 3.45. The fourth-order valence-electron chi connectivity index (χ4n) is 4.88. The first-order chi connectivity index (χ1) is 17.0. The molecule has 2 aliphatic rings. The molecule has 2 N–H and O–H groups in total. The van der Waals surface area contributed by atoms with E-state index < -0.39 is 5.54 Å². The zero-order chi connectivity index (χ0) is 25.8. The lowest BCUT2D eigenvalue weighted by atomic mass is 9.87. The van der Waals surface area contributed by atoms with Crippen molar-refractivity contribution in [3.05, 3.63) is 65.2 Å². The lowest BCUT2D eigenvalue weighted by Crippen LogP contribution is -2.43. The van der Waals surface area contributed by atoms with Gasteiger partial charge in [0.2, 0.25) is 0 Å². The highest BCUT2D eigenvalue weighted by Gasteiger charge is 2.52. The molecule has 9 heteroatoms. The van der Waals surface area contributed by atoms with E-state index >= 15 is 0 Å². The largest absolute Gasteiger partial charge is 0.384 e. The molecule has 0 radical (unpaired) electrons. The fourth-order valence-corrected chi connectivity index (χ4v) is 4.88. The Labute approximate surface area is 211 Å². The number of fused-ring (bicyclic) bond motifs is 1. The number of urea groups is 1. The number of imide groups is 1. The summed E-state index contributed by atoms with van der Waals surface area (Å²) >= 11 is 0. The van der Waals surface area contributed by atoms with E-state index in [0.29, 0.717) is 23.1 Å². The number of rotatable bonds is 5. The number of hydrogen-bond donors (Lipinski definition) is 2. The van der Waals surface area contributed by atoms with Crippen molar-refractivity contribution in [1.82, 2.24) is 19.9 Å². The normalized spacial score (nSPS) is 17.8. The molecule has 3 aromatic rings. The smallest absolute Gasteiger partial charge is 0.332 e. The third-order valence-electron chi connectivity index (χ3n) is 6.92. The Morgan fingerprint density at radius 3 is 2.53 bits per heavy atom. The highest BCUT2D eigenvalue weighted by atomic mass is 16.2. The van der Waals surface area contributed by atoms with E-state index in [1.807, 2.05) is 50.2 Å². The first-order valence-corrected chi connectivity index (χ1v) is 12.0. The summed E-state index contributed by atoms with van der Waals surface area (Å²) in [7, 11) is 0. The van der Waals surface area contributed by atoms with E-state index in [0.717, 1.165) is 23.5 Å². The van der Waals surface area contributed by atoms with Gasteiger partial charge in [-0.3, -0.25) is 4.79 Å². The van der Waals surface area contributed by atoms with Crippen molar-refractivity contribution in [2.75, 3.05) is 22.1 Å². The van der Waals surface area contributed by atoms with Crippen molar-refractivity contribution < 1.29 is 9.59 Å². The van der Waals surface area contributed by atoms with Crippen molar-refractivity contribution in [2.45, 2.75) is 59.0 Å². The molecular formula is C27H31N7O2. The monoisotopic (exact) mass is 485 g/mol. The minimum Gasteiger partial charge on any atom is -0.384 e. The molecule has 1 fully saturated rings. The van der Waals surface area contributed by atoms with Gasteiger partial charge in [0.15, 0.2) is 0 Å². The number of anilines is 4. The Balaban J connectivity index is 1.39. The zero-order valence-corrected chi connectivity index (χ0v) is 21.5. The second-order valence-electron chi connectivity index (χ2n) is 10.7. The molecule has 1 aromatic carbocycles. The minimum atomic E-state index is -0.999. The van der Waals surface area contributed by atoms with E-state index in [9.17, 15) is 9.59 Å². The van der Waals surface area contributed by atoms with E-state index in [1.54, 1.807) is 24.9 Å². The van der Waals surface area contributed by atoms with Crippen molar-refractivity contribution in [3.8, 4) is 0 Å². The predicted octanol–water partition coefficient (Wildman–Crippen LogP) is 4.68. The van der Waals surface area contributed by atoms with Crippen LogP contribution in [-0.4, -0.2) is 43.9 Å². The number of carbonyl (C=O) groups excluding carboxylic acids is 2. The predicted molar refractivity (Wildman–Crippen MR) is 139 cm³/mol. The van der Waals surface area contributed by atoms with Gasteiger partial charge in [0.1, 0.15) is 23.0 Å². The number of nitrogens with one attached hydrogen (secondary N) is 2. The Morgan fingerprint density at radius 2 is 1.78 bits per heavy atom. The van der Waals surface area contributed by atoms with Crippen LogP contribution in [0, 0.1) is 13.8 Å². The van der Waals surface area contributed by atoms with Gasteiger partial charge in [0.05, 0.1) is 5.69 Å². The number of aryl methyl sites for hydroxylation is 2. The van der Waals surface area contributed by atoms with Gasteiger partial charge in [0.25, 0.3) is 5.91 Å². The van der Waals surface area contributed by atoms with E-state index in [1.165, 1.54) is 10.5 Å². The van der Waals surface area contributed by atoms with Crippen LogP contribution in [0.15, 0.2) is 42.6 Å². The molecule has 0 aliphatic carbocycles. The molecule has 0 unspecified atom stereocenters. The Morgan fingerprint density at radius 1 is 1.00 bits per heavy atom. The number of pyridine rings is 1. The number of hydrogen-bond acceptors (Lipinski definition) is 7. The SMILES string of the molecule is Cc1cc(Nc2cc(CN3C(=O)N(c4ccc5c(c4)NCC5(C)C)C(=O)C3(C)C)ccn2)nc(C)n1.